The average molecular weight is 483 g/mol. The molecule has 1 fully saturated rings. The van der Waals surface area contributed by atoms with Gasteiger partial charge in [-0.2, -0.15) is 9.49 Å². The number of rotatable bonds is 10. The molecule has 0 saturated carbocycles. The van der Waals surface area contributed by atoms with Gasteiger partial charge in [0, 0.05) is 44.5 Å². The molecule has 3 aromatic rings. The van der Waals surface area contributed by atoms with Gasteiger partial charge >= 0.3 is 0 Å². The number of hydrogen-bond acceptors (Lipinski definition) is 8. The Balaban J connectivity index is 1.39. The average Bonchev–Trinajstić information content (AvgIpc) is 3.38. The maximum absolute atomic E-state index is 15.4. The van der Waals surface area contributed by atoms with Crippen LogP contribution >= 0.6 is 0 Å². The maximum atomic E-state index is 15.4. The van der Waals surface area contributed by atoms with Crippen LogP contribution in [0.3, 0.4) is 0 Å². The third-order valence-electron chi connectivity index (χ3n) is 6.25. The second kappa shape index (κ2) is 11.2. The Kier molecular flexibility index (Phi) is 7.88. The van der Waals surface area contributed by atoms with E-state index in [1.54, 1.807) is 10.9 Å². The number of benzene rings is 1. The minimum absolute atomic E-state index is 0.0903. The number of aromatic nitrogens is 4. The quantitative estimate of drug-likeness (QED) is 0.396. The first-order valence-corrected chi connectivity index (χ1v) is 11.7. The second-order valence-corrected chi connectivity index (χ2v) is 8.69. The number of piperidine rings is 1. The highest BCUT2D eigenvalue weighted by Crippen LogP contribution is 2.25. The van der Waals surface area contributed by atoms with Gasteiger partial charge in [0.25, 0.3) is 0 Å². The lowest BCUT2D eigenvalue weighted by Crippen LogP contribution is -2.48. The summed E-state index contributed by atoms with van der Waals surface area (Å²) in [5.74, 6) is -0.707. The van der Waals surface area contributed by atoms with E-state index in [9.17, 15) is 9.90 Å². The van der Waals surface area contributed by atoms with Gasteiger partial charge in [-0.05, 0) is 43.7 Å². The minimum Gasteiger partial charge on any atom is -0.391 e. The number of nitrogens with two attached hydrogens (primary N) is 1. The summed E-state index contributed by atoms with van der Waals surface area (Å²) in [5.41, 5.74) is 7.21. The lowest BCUT2D eigenvalue weighted by molar-refractivity contribution is -0.120. The van der Waals surface area contributed by atoms with E-state index in [4.69, 9.17) is 5.73 Å². The molecule has 4 N–H and O–H groups in total. The van der Waals surface area contributed by atoms with Crippen molar-refractivity contribution in [3.63, 3.8) is 0 Å². The number of aliphatic hydroxyl groups excluding tert-OH is 1. The highest BCUT2D eigenvalue weighted by atomic mass is 19.1. The van der Waals surface area contributed by atoms with Crippen LogP contribution in [0.2, 0.25) is 0 Å². The van der Waals surface area contributed by atoms with E-state index in [2.05, 4.69) is 20.4 Å². The first kappa shape index (κ1) is 24.6. The maximum Gasteiger partial charge on any atom is 0.231 e. The van der Waals surface area contributed by atoms with E-state index in [-0.39, 0.29) is 24.1 Å². The number of amides is 1. The summed E-state index contributed by atoms with van der Waals surface area (Å²) >= 11 is 0. The highest BCUT2D eigenvalue weighted by Gasteiger charge is 2.28. The van der Waals surface area contributed by atoms with Crippen LogP contribution in [-0.2, 0) is 11.3 Å². The van der Waals surface area contributed by atoms with Crippen LogP contribution in [0.1, 0.15) is 18.9 Å². The molecule has 1 saturated heterocycles. The first-order chi connectivity index (χ1) is 16.9. The molecule has 4 rings (SSSR count). The van der Waals surface area contributed by atoms with Crippen LogP contribution in [0.5, 0.6) is 0 Å². The fourth-order valence-electron chi connectivity index (χ4n) is 4.31. The molecule has 0 spiro atoms. The number of carbonyl (C=O) groups is 1. The van der Waals surface area contributed by atoms with E-state index in [1.807, 2.05) is 53.3 Å². The molecular weight excluding hydrogens is 451 g/mol. The van der Waals surface area contributed by atoms with E-state index in [1.165, 1.54) is 6.33 Å². The zero-order valence-corrected chi connectivity index (χ0v) is 19.7. The van der Waals surface area contributed by atoms with Crippen molar-refractivity contribution >= 4 is 17.5 Å². The summed E-state index contributed by atoms with van der Waals surface area (Å²) in [4.78, 5) is 23.1. The van der Waals surface area contributed by atoms with Crippen LogP contribution in [0.4, 0.5) is 16.0 Å². The highest BCUT2D eigenvalue weighted by molar-refractivity contribution is 5.75. The third kappa shape index (κ3) is 6.11. The molecule has 1 aliphatic rings. The summed E-state index contributed by atoms with van der Waals surface area (Å²) < 4.78 is 17.1. The molecular formula is C24H31FN8O2. The van der Waals surface area contributed by atoms with Crippen molar-refractivity contribution in [1.82, 2.24) is 24.6 Å². The second-order valence-electron chi connectivity index (χ2n) is 8.69. The molecule has 3 heterocycles. The molecule has 2 aromatic heterocycles. The van der Waals surface area contributed by atoms with Crippen molar-refractivity contribution in [2.75, 3.05) is 42.9 Å². The summed E-state index contributed by atoms with van der Waals surface area (Å²) in [6, 6.07) is 9.79. The van der Waals surface area contributed by atoms with Gasteiger partial charge in [0.1, 0.15) is 6.33 Å². The standard InChI is InChI=1S/C24H31FN8O2/c1-2-32(13-17-4-6-19(7-5-17)33-10-3-9-30-33)24-22(25)23(28-16-29-24)27-12-18-8-11-31(14-20(18)34)15-21(26)35/h3-7,9-10,16,18,20,34H,2,8,11-15H2,1H3,(H2,26,35)(H,27,28,29)/t18-,20+/m1/s1. The fraction of sp³-hybridized carbons (Fsp3) is 0.417. The molecule has 0 bridgehead atoms. The van der Waals surface area contributed by atoms with Crippen molar-refractivity contribution in [3.8, 4) is 5.69 Å². The van der Waals surface area contributed by atoms with Gasteiger partial charge in [0.2, 0.25) is 11.7 Å². The number of β-amino-alcohol motifs (C(OH)–C–C–N with tert-alkyl or cyclic N) is 1. The van der Waals surface area contributed by atoms with Crippen molar-refractivity contribution in [2.24, 2.45) is 11.7 Å². The topological polar surface area (TPSA) is 125 Å². The van der Waals surface area contributed by atoms with E-state index >= 15 is 4.39 Å². The molecule has 11 heteroatoms. The van der Waals surface area contributed by atoms with Crippen LogP contribution in [-0.4, -0.2) is 74.5 Å². The molecule has 1 aromatic carbocycles. The van der Waals surface area contributed by atoms with E-state index < -0.39 is 17.8 Å². The molecule has 0 unspecified atom stereocenters. The van der Waals surface area contributed by atoms with Gasteiger partial charge in [0.05, 0.1) is 18.3 Å². The fourth-order valence-corrected chi connectivity index (χ4v) is 4.31. The van der Waals surface area contributed by atoms with Crippen molar-refractivity contribution in [1.29, 1.82) is 0 Å². The number of halogens is 1. The zero-order chi connectivity index (χ0) is 24.8. The lowest BCUT2D eigenvalue weighted by Gasteiger charge is -2.35. The minimum atomic E-state index is -0.642. The monoisotopic (exact) mass is 482 g/mol. The Labute approximate surface area is 203 Å². The number of anilines is 2. The molecule has 35 heavy (non-hydrogen) atoms. The molecule has 2 atom stereocenters. The van der Waals surface area contributed by atoms with E-state index in [0.717, 1.165) is 11.3 Å². The van der Waals surface area contributed by atoms with Crippen molar-refractivity contribution in [3.05, 3.63) is 60.4 Å². The van der Waals surface area contributed by atoms with Crippen molar-refractivity contribution < 1.29 is 14.3 Å². The van der Waals surface area contributed by atoms with Gasteiger partial charge in [-0.3, -0.25) is 9.69 Å². The predicted octanol–water partition coefficient (Wildman–Crippen LogP) is 1.41. The van der Waals surface area contributed by atoms with Crippen LogP contribution in [0, 0.1) is 11.7 Å². The van der Waals surface area contributed by atoms with Crippen LogP contribution < -0.4 is 16.0 Å². The predicted molar refractivity (Wildman–Crippen MR) is 131 cm³/mol. The Bertz CT molecular complexity index is 1110. The number of primary amides is 1. The number of nitrogens with one attached hydrogen (secondary N) is 1. The van der Waals surface area contributed by atoms with Gasteiger partial charge < -0.3 is 21.1 Å². The number of carbonyl (C=O) groups excluding carboxylic acids is 1. The normalized spacial score (nSPS) is 18.4. The molecule has 0 radical (unpaired) electrons. The Morgan fingerprint density at radius 1 is 1.31 bits per heavy atom. The first-order valence-electron chi connectivity index (χ1n) is 11.7. The van der Waals surface area contributed by atoms with Crippen molar-refractivity contribution in [2.45, 2.75) is 26.0 Å². The van der Waals surface area contributed by atoms with Gasteiger partial charge in [-0.25, -0.2) is 14.6 Å². The van der Waals surface area contributed by atoms with Gasteiger partial charge in [0.15, 0.2) is 11.6 Å². The molecule has 10 nitrogen and oxygen atoms in total. The summed E-state index contributed by atoms with van der Waals surface area (Å²) in [7, 11) is 0. The lowest BCUT2D eigenvalue weighted by atomic mass is 9.94. The number of likely N-dealkylation sites (tertiary alicyclic amines) is 1. The number of nitrogens with zero attached hydrogens (tertiary/aromatic N) is 6. The number of aliphatic hydroxyl groups is 1. The third-order valence-corrected chi connectivity index (χ3v) is 6.25. The molecule has 0 aliphatic carbocycles. The zero-order valence-electron chi connectivity index (χ0n) is 19.7. The smallest absolute Gasteiger partial charge is 0.231 e. The Morgan fingerprint density at radius 3 is 2.77 bits per heavy atom. The molecule has 186 valence electrons. The largest absolute Gasteiger partial charge is 0.391 e. The van der Waals surface area contributed by atoms with Gasteiger partial charge in [-0.1, -0.05) is 12.1 Å². The molecule has 1 amide bonds. The molecule has 1 aliphatic heterocycles. The summed E-state index contributed by atoms with van der Waals surface area (Å²) in [5, 5.41) is 17.7. The Hall–Kier alpha value is -3.57. The van der Waals surface area contributed by atoms with E-state index in [0.29, 0.717) is 39.1 Å². The van der Waals surface area contributed by atoms with Crippen LogP contribution in [0.15, 0.2) is 49.1 Å². The SMILES string of the molecule is CCN(Cc1ccc(-n2cccn2)cc1)c1ncnc(NC[C@H]2CCN(CC(N)=O)C[C@@H]2O)c1F. The summed E-state index contributed by atoms with van der Waals surface area (Å²) in [6.45, 7) is 4.48. The number of hydrogen-bond donors (Lipinski definition) is 3. The Morgan fingerprint density at radius 2 is 2.11 bits per heavy atom. The van der Waals surface area contributed by atoms with Gasteiger partial charge in [-0.15, -0.1) is 0 Å². The summed E-state index contributed by atoms with van der Waals surface area (Å²) in [6.07, 6.45) is 4.97. The van der Waals surface area contributed by atoms with Crippen LogP contribution in [0.25, 0.3) is 5.69 Å².